The van der Waals surface area contributed by atoms with Crippen molar-refractivity contribution in [1.29, 1.82) is 0 Å². The number of thioether (sulfide) groups is 1. The van der Waals surface area contributed by atoms with Crippen molar-refractivity contribution >= 4 is 27.7 Å². The molecule has 0 spiro atoms. The highest BCUT2D eigenvalue weighted by atomic mass is 79.9. The summed E-state index contributed by atoms with van der Waals surface area (Å²) in [6.45, 7) is 0. The molecule has 0 aliphatic carbocycles. The standard InChI is InChI=1S/C7H9BrN2S/c8-7-1-3-9-10(7)6-2-4-11-5-6/h1,3,6H,2,4-5H2. The number of nitrogens with zero attached hydrogens (tertiary/aromatic N) is 2. The molecular formula is C7H9BrN2S. The van der Waals surface area contributed by atoms with Crippen LogP contribution in [0.4, 0.5) is 0 Å². The molecule has 2 nitrogen and oxygen atoms in total. The first-order valence-electron chi connectivity index (χ1n) is 3.64. The van der Waals surface area contributed by atoms with E-state index in [0.717, 1.165) is 4.60 Å². The van der Waals surface area contributed by atoms with Gasteiger partial charge in [-0.3, -0.25) is 4.68 Å². The lowest BCUT2D eigenvalue weighted by atomic mass is 10.3. The van der Waals surface area contributed by atoms with Gasteiger partial charge in [-0.05, 0) is 34.2 Å². The van der Waals surface area contributed by atoms with Gasteiger partial charge in [0.1, 0.15) is 4.60 Å². The van der Waals surface area contributed by atoms with Gasteiger partial charge in [0, 0.05) is 5.75 Å². The zero-order valence-corrected chi connectivity index (χ0v) is 8.44. The second kappa shape index (κ2) is 3.19. The molecule has 2 rings (SSSR count). The molecule has 1 aromatic heterocycles. The quantitative estimate of drug-likeness (QED) is 0.740. The fraction of sp³-hybridized carbons (Fsp3) is 0.571. The molecule has 1 atom stereocenters. The first-order valence-corrected chi connectivity index (χ1v) is 5.59. The van der Waals surface area contributed by atoms with Gasteiger partial charge in [-0.1, -0.05) is 0 Å². The SMILES string of the molecule is Brc1ccnn1C1CCSC1. The van der Waals surface area contributed by atoms with Crippen molar-refractivity contribution in [2.24, 2.45) is 0 Å². The van der Waals surface area contributed by atoms with Gasteiger partial charge in [0.05, 0.1) is 12.2 Å². The predicted octanol–water partition coefficient (Wildman–Crippen LogP) is 2.32. The Balaban J connectivity index is 2.21. The van der Waals surface area contributed by atoms with Crippen LogP contribution in [-0.2, 0) is 0 Å². The van der Waals surface area contributed by atoms with E-state index in [2.05, 4.69) is 25.7 Å². The predicted molar refractivity (Wildman–Crippen MR) is 50.9 cm³/mol. The zero-order chi connectivity index (χ0) is 7.68. The molecule has 11 heavy (non-hydrogen) atoms. The van der Waals surface area contributed by atoms with E-state index >= 15 is 0 Å². The minimum absolute atomic E-state index is 0.615. The minimum Gasteiger partial charge on any atom is -0.255 e. The fourth-order valence-corrected chi connectivity index (χ4v) is 2.97. The monoisotopic (exact) mass is 232 g/mol. The van der Waals surface area contributed by atoms with E-state index < -0.39 is 0 Å². The molecule has 0 saturated carbocycles. The molecule has 2 heterocycles. The number of hydrogen-bond donors (Lipinski definition) is 0. The maximum Gasteiger partial charge on any atom is 0.104 e. The Morgan fingerprint density at radius 3 is 3.18 bits per heavy atom. The van der Waals surface area contributed by atoms with Crippen LogP contribution in [0.2, 0.25) is 0 Å². The second-order valence-electron chi connectivity index (χ2n) is 2.62. The number of rotatable bonds is 1. The molecule has 1 saturated heterocycles. The van der Waals surface area contributed by atoms with Gasteiger partial charge < -0.3 is 0 Å². The molecular weight excluding hydrogens is 224 g/mol. The summed E-state index contributed by atoms with van der Waals surface area (Å²) in [4.78, 5) is 0. The third kappa shape index (κ3) is 1.47. The highest BCUT2D eigenvalue weighted by Gasteiger charge is 2.18. The largest absolute Gasteiger partial charge is 0.255 e. The van der Waals surface area contributed by atoms with Crippen LogP contribution in [0.1, 0.15) is 12.5 Å². The van der Waals surface area contributed by atoms with Crippen LogP contribution in [0, 0.1) is 0 Å². The Bertz CT molecular complexity index is 242. The van der Waals surface area contributed by atoms with Crippen LogP contribution in [0.15, 0.2) is 16.9 Å². The normalized spacial score (nSPS) is 24.3. The van der Waals surface area contributed by atoms with Crippen LogP contribution in [-0.4, -0.2) is 21.3 Å². The summed E-state index contributed by atoms with van der Waals surface area (Å²) < 4.78 is 3.17. The van der Waals surface area contributed by atoms with Crippen molar-refractivity contribution in [3.63, 3.8) is 0 Å². The van der Waals surface area contributed by atoms with E-state index in [1.54, 1.807) is 0 Å². The van der Waals surface area contributed by atoms with Crippen LogP contribution < -0.4 is 0 Å². The Morgan fingerprint density at radius 2 is 2.64 bits per heavy atom. The number of aromatic nitrogens is 2. The maximum absolute atomic E-state index is 4.25. The van der Waals surface area contributed by atoms with E-state index in [9.17, 15) is 0 Å². The molecule has 0 N–H and O–H groups in total. The molecule has 1 aromatic rings. The van der Waals surface area contributed by atoms with Crippen molar-refractivity contribution in [2.75, 3.05) is 11.5 Å². The number of halogens is 1. The summed E-state index contributed by atoms with van der Waals surface area (Å²) in [6, 6.07) is 2.60. The highest BCUT2D eigenvalue weighted by molar-refractivity contribution is 9.10. The molecule has 1 aliphatic rings. The minimum atomic E-state index is 0.615. The van der Waals surface area contributed by atoms with Crippen molar-refractivity contribution < 1.29 is 0 Å². The Kier molecular flexibility index (Phi) is 2.23. The summed E-state index contributed by atoms with van der Waals surface area (Å²) >= 11 is 5.47. The molecule has 1 aliphatic heterocycles. The van der Waals surface area contributed by atoms with Gasteiger partial charge in [0.25, 0.3) is 0 Å². The van der Waals surface area contributed by atoms with Crippen molar-refractivity contribution in [3.8, 4) is 0 Å². The summed E-state index contributed by atoms with van der Waals surface area (Å²) in [5, 5.41) is 4.25. The van der Waals surface area contributed by atoms with E-state index in [1.165, 1.54) is 17.9 Å². The van der Waals surface area contributed by atoms with E-state index in [-0.39, 0.29) is 0 Å². The van der Waals surface area contributed by atoms with Crippen LogP contribution in [0.25, 0.3) is 0 Å². The third-order valence-electron chi connectivity index (χ3n) is 1.87. The number of hydrogen-bond acceptors (Lipinski definition) is 2. The van der Waals surface area contributed by atoms with Crippen molar-refractivity contribution in [1.82, 2.24) is 9.78 Å². The zero-order valence-electron chi connectivity index (χ0n) is 6.03. The van der Waals surface area contributed by atoms with Gasteiger partial charge in [-0.25, -0.2) is 0 Å². The second-order valence-corrected chi connectivity index (χ2v) is 4.58. The average molecular weight is 233 g/mol. The summed E-state index contributed by atoms with van der Waals surface area (Å²) in [5.74, 6) is 2.48. The van der Waals surface area contributed by atoms with E-state index in [1.807, 2.05) is 24.0 Å². The van der Waals surface area contributed by atoms with Crippen LogP contribution in [0.5, 0.6) is 0 Å². The molecule has 1 fully saturated rings. The topological polar surface area (TPSA) is 17.8 Å². The van der Waals surface area contributed by atoms with E-state index in [4.69, 9.17) is 0 Å². The maximum atomic E-state index is 4.25. The summed E-state index contributed by atoms with van der Waals surface area (Å²) in [6.07, 6.45) is 3.10. The van der Waals surface area contributed by atoms with Crippen LogP contribution in [0.3, 0.4) is 0 Å². The van der Waals surface area contributed by atoms with Gasteiger partial charge in [-0.15, -0.1) is 0 Å². The molecule has 60 valence electrons. The Morgan fingerprint density at radius 1 is 1.73 bits per heavy atom. The molecule has 1 unspecified atom stereocenters. The van der Waals surface area contributed by atoms with E-state index in [0.29, 0.717) is 6.04 Å². The van der Waals surface area contributed by atoms with Gasteiger partial charge in [0.15, 0.2) is 0 Å². The molecule has 0 aromatic carbocycles. The molecule has 0 amide bonds. The first-order chi connectivity index (χ1) is 5.38. The highest BCUT2D eigenvalue weighted by Crippen LogP contribution is 2.29. The lowest BCUT2D eigenvalue weighted by molar-refractivity contribution is 0.492. The summed E-state index contributed by atoms with van der Waals surface area (Å²) in [5.41, 5.74) is 0. The Hall–Kier alpha value is 0.0400. The van der Waals surface area contributed by atoms with Crippen LogP contribution >= 0.6 is 27.7 Å². The first kappa shape index (κ1) is 7.68. The van der Waals surface area contributed by atoms with Crippen molar-refractivity contribution in [2.45, 2.75) is 12.5 Å². The van der Waals surface area contributed by atoms with Gasteiger partial charge >= 0.3 is 0 Å². The van der Waals surface area contributed by atoms with Gasteiger partial charge in [-0.2, -0.15) is 16.9 Å². The fourth-order valence-electron chi connectivity index (χ4n) is 1.28. The lowest BCUT2D eigenvalue weighted by Gasteiger charge is -2.09. The molecule has 4 heteroatoms. The molecule has 0 bridgehead atoms. The summed E-state index contributed by atoms with van der Waals surface area (Å²) in [7, 11) is 0. The van der Waals surface area contributed by atoms with Crippen molar-refractivity contribution in [3.05, 3.63) is 16.9 Å². The Labute approximate surface area is 78.5 Å². The molecule has 0 radical (unpaired) electrons. The lowest BCUT2D eigenvalue weighted by Crippen LogP contribution is -2.09. The van der Waals surface area contributed by atoms with Gasteiger partial charge in [0.2, 0.25) is 0 Å². The third-order valence-corrected chi connectivity index (χ3v) is 3.65. The average Bonchev–Trinajstić information content (AvgIpc) is 2.55. The smallest absolute Gasteiger partial charge is 0.104 e.